The highest BCUT2D eigenvalue weighted by Gasteiger charge is 2.34. The second kappa shape index (κ2) is 6.73. The third-order valence-electron chi connectivity index (χ3n) is 4.92. The molecule has 2 nitrogen and oxygen atoms in total. The van der Waals surface area contributed by atoms with Gasteiger partial charge in [0.05, 0.1) is 5.60 Å². The van der Waals surface area contributed by atoms with E-state index in [1.54, 1.807) is 0 Å². The summed E-state index contributed by atoms with van der Waals surface area (Å²) in [6, 6.07) is 6.98. The van der Waals surface area contributed by atoms with Crippen LogP contribution in [0.5, 0.6) is 0 Å². The lowest BCUT2D eigenvalue weighted by molar-refractivity contribution is -0.0633. The second-order valence-electron chi connectivity index (χ2n) is 5.97. The lowest BCUT2D eigenvalue weighted by Gasteiger charge is -2.37. The Kier molecular flexibility index (Phi) is 5.22. The van der Waals surface area contributed by atoms with Gasteiger partial charge in [-0.25, -0.2) is 0 Å². The van der Waals surface area contributed by atoms with Crippen LogP contribution in [0, 0.1) is 0 Å². The molecule has 1 unspecified atom stereocenters. The summed E-state index contributed by atoms with van der Waals surface area (Å²) in [6.45, 7) is 7.16. The lowest BCUT2D eigenvalue weighted by atomic mass is 9.84. The van der Waals surface area contributed by atoms with Crippen molar-refractivity contribution in [1.29, 1.82) is 0 Å². The maximum atomic E-state index is 6.51. The van der Waals surface area contributed by atoms with E-state index < -0.39 is 0 Å². The van der Waals surface area contributed by atoms with Crippen molar-refractivity contribution in [3.05, 3.63) is 34.9 Å². The first-order valence-electron chi connectivity index (χ1n) is 8.15. The van der Waals surface area contributed by atoms with E-state index in [0.29, 0.717) is 0 Å². The molecule has 1 atom stereocenters. The van der Waals surface area contributed by atoms with E-state index in [1.807, 2.05) is 0 Å². The van der Waals surface area contributed by atoms with Gasteiger partial charge in [-0.05, 0) is 62.1 Å². The normalized spacial score (nSPS) is 16.2. The number of aryl methyl sites for hydroxylation is 2. The second-order valence-corrected chi connectivity index (χ2v) is 5.97. The molecule has 20 heavy (non-hydrogen) atoms. The monoisotopic (exact) mass is 275 g/mol. The molecule has 0 fully saturated rings. The molecule has 0 aromatic heterocycles. The summed E-state index contributed by atoms with van der Waals surface area (Å²) in [6.07, 6.45) is 6.64. The fourth-order valence-corrected chi connectivity index (χ4v) is 3.57. The fourth-order valence-electron chi connectivity index (χ4n) is 3.57. The molecule has 0 heterocycles. The van der Waals surface area contributed by atoms with Gasteiger partial charge in [0.2, 0.25) is 0 Å². The minimum Gasteiger partial charge on any atom is -0.374 e. The average Bonchev–Trinajstić information content (AvgIpc) is 2.92. The zero-order chi connectivity index (χ0) is 14.6. The predicted octanol–water partition coefficient (Wildman–Crippen LogP) is 3.64. The number of ether oxygens (including phenoxy) is 1. The van der Waals surface area contributed by atoms with Gasteiger partial charge in [0, 0.05) is 12.6 Å². The summed E-state index contributed by atoms with van der Waals surface area (Å²) in [7, 11) is 0. The van der Waals surface area contributed by atoms with E-state index in [0.717, 1.165) is 25.9 Å². The van der Waals surface area contributed by atoms with Crippen LogP contribution in [-0.4, -0.2) is 18.2 Å². The minimum absolute atomic E-state index is 0.0666. The van der Waals surface area contributed by atoms with Crippen molar-refractivity contribution in [2.45, 2.75) is 70.9 Å². The molecular weight excluding hydrogens is 246 g/mol. The van der Waals surface area contributed by atoms with Crippen LogP contribution >= 0.6 is 0 Å². The highest BCUT2D eigenvalue weighted by Crippen LogP contribution is 2.28. The zero-order valence-electron chi connectivity index (χ0n) is 13.2. The Balaban J connectivity index is 2.11. The summed E-state index contributed by atoms with van der Waals surface area (Å²) in [5.41, 5.74) is 10.8. The van der Waals surface area contributed by atoms with Crippen LogP contribution in [0.4, 0.5) is 0 Å². The van der Waals surface area contributed by atoms with Gasteiger partial charge in [0.25, 0.3) is 0 Å². The molecule has 1 aliphatic carbocycles. The Morgan fingerprint density at radius 2 is 1.85 bits per heavy atom. The van der Waals surface area contributed by atoms with Crippen LogP contribution in [0.25, 0.3) is 0 Å². The standard InChI is InChI=1S/C18H29NO/c1-4-18(5-2,20-6-3)17(19)13-14-10-11-15-8-7-9-16(15)12-14/h10-12,17H,4-9,13,19H2,1-3H3. The molecule has 0 amide bonds. The largest absolute Gasteiger partial charge is 0.374 e. The van der Waals surface area contributed by atoms with E-state index >= 15 is 0 Å². The van der Waals surface area contributed by atoms with Crippen LogP contribution in [0.2, 0.25) is 0 Å². The summed E-state index contributed by atoms with van der Waals surface area (Å²) in [5.74, 6) is 0. The zero-order valence-corrected chi connectivity index (χ0v) is 13.2. The molecule has 0 aliphatic heterocycles. The highest BCUT2D eigenvalue weighted by molar-refractivity contribution is 5.35. The van der Waals surface area contributed by atoms with Gasteiger partial charge in [-0.1, -0.05) is 32.0 Å². The maximum absolute atomic E-state index is 6.51. The summed E-state index contributed by atoms with van der Waals surface area (Å²) >= 11 is 0. The van der Waals surface area contributed by atoms with E-state index in [-0.39, 0.29) is 11.6 Å². The smallest absolute Gasteiger partial charge is 0.0830 e. The first-order valence-corrected chi connectivity index (χ1v) is 8.15. The van der Waals surface area contributed by atoms with E-state index in [1.165, 1.54) is 36.0 Å². The van der Waals surface area contributed by atoms with Gasteiger partial charge in [0.1, 0.15) is 0 Å². The molecule has 0 bridgehead atoms. The van der Waals surface area contributed by atoms with Crippen molar-refractivity contribution in [2.75, 3.05) is 6.61 Å². The van der Waals surface area contributed by atoms with E-state index in [2.05, 4.69) is 39.0 Å². The predicted molar refractivity (Wildman–Crippen MR) is 85.1 cm³/mol. The molecule has 2 N–H and O–H groups in total. The van der Waals surface area contributed by atoms with Crippen LogP contribution in [-0.2, 0) is 24.0 Å². The Hall–Kier alpha value is -0.860. The molecule has 2 rings (SSSR count). The molecule has 0 saturated carbocycles. The van der Waals surface area contributed by atoms with Crippen molar-refractivity contribution in [3.63, 3.8) is 0 Å². The summed E-state index contributed by atoms with van der Waals surface area (Å²) in [5, 5.41) is 0. The van der Waals surface area contributed by atoms with Crippen LogP contribution in [0.1, 0.15) is 56.7 Å². The van der Waals surface area contributed by atoms with Crippen molar-refractivity contribution in [1.82, 2.24) is 0 Å². The topological polar surface area (TPSA) is 35.2 Å². The molecular formula is C18H29NO. The Morgan fingerprint density at radius 1 is 1.15 bits per heavy atom. The van der Waals surface area contributed by atoms with Gasteiger partial charge in [-0.3, -0.25) is 0 Å². The van der Waals surface area contributed by atoms with E-state index in [4.69, 9.17) is 10.5 Å². The number of hydrogen-bond acceptors (Lipinski definition) is 2. The van der Waals surface area contributed by atoms with Crippen molar-refractivity contribution in [3.8, 4) is 0 Å². The Morgan fingerprint density at radius 3 is 2.50 bits per heavy atom. The van der Waals surface area contributed by atoms with Crippen LogP contribution < -0.4 is 5.73 Å². The van der Waals surface area contributed by atoms with Gasteiger partial charge in [-0.2, -0.15) is 0 Å². The molecule has 0 spiro atoms. The van der Waals surface area contributed by atoms with Crippen LogP contribution in [0.3, 0.4) is 0 Å². The highest BCUT2D eigenvalue weighted by atomic mass is 16.5. The molecule has 1 aromatic rings. The summed E-state index contributed by atoms with van der Waals surface area (Å²) < 4.78 is 6.03. The number of hydrogen-bond donors (Lipinski definition) is 1. The third kappa shape index (κ3) is 3.07. The van der Waals surface area contributed by atoms with Gasteiger partial charge in [-0.15, -0.1) is 0 Å². The van der Waals surface area contributed by atoms with Gasteiger partial charge < -0.3 is 10.5 Å². The van der Waals surface area contributed by atoms with Crippen LogP contribution in [0.15, 0.2) is 18.2 Å². The van der Waals surface area contributed by atoms with Gasteiger partial charge in [0.15, 0.2) is 0 Å². The maximum Gasteiger partial charge on any atom is 0.0830 e. The Labute approximate surface area is 123 Å². The third-order valence-corrected chi connectivity index (χ3v) is 4.92. The molecule has 1 aliphatic rings. The fraction of sp³-hybridized carbons (Fsp3) is 0.667. The molecule has 0 saturated heterocycles. The number of rotatable bonds is 7. The number of benzene rings is 1. The minimum atomic E-state index is -0.173. The summed E-state index contributed by atoms with van der Waals surface area (Å²) in [4.78, 5) is 0. The van der Waals surface area contributed by atoms with E-state index in [9.17, 15) is 0 Å². The van der Waals surface area contributed by atoms with Crippen molar-refractivity contribution in [2.24, 2.45) is 5.73 Å². The quantitative estimate of drug-likeness (QED) is 0.824. The average molecular weight is 275 g/mol. The van der Waals surface area contributed by atoms with Crippen molar-refractivity contribution >= 4 is 0 Å². The number of fused-ring (bicyclic) bond motifs is 1. The molecule has 2 heteroatoms. The Bertz CT molecular complexity index is 437. The first-order chi connectivity index (χ1) is 9.65. The molecule has 1 aromatic carbocycles. The lowest BCUT2D eigenvalue weighted by Crippen LogP contribution is -2.50. The number of nitrogens with two attached hydrogens (primary N) is 1. The van der Waals surface area contributed by atoms with Gasteiger partial charge >= 0.3 is 0 Å². The first kappa shape index (κ1) is 15.5. The van der Waals surface area contributed by atoms with Crippen molar-refractivity contribution < 1.29 is 4.74 Å². The molecule has 112 valence electrons. The SMILES string of the molecule is CCOC(CC)(CC)C(N)Cc1ccc2c(c1)CCC2. The molecule has 0 radical (unpaired) electrons.